The van der Waals surface area contributed by atoms with E-state index >= 15 is 0 Å². The van der Waals surface area contributed by atoms with Gasteiger partial charge in [0.15, 0.2) is 0 Å². The van der Waals surface area contributed by atoms with Gasteiger partial charge >= 0.3 is 5.97 Å². The highest BCUT2D eigenvalue weighted by atomic mass is 32.1. The molecule has 24 heavy (non-hydrogen) atoms. The van der Waals surface area contributed by atoms with Crippen LogP contribution in [0.4, 0.5) is 5.82 Å². The Morgan fingerprint density at radius 1 is 1.42 bits per heavy atom. The molecule has 0 aromatic carbocycles. The topological polar surface area (TPSA) is 93.2 Å². The zero-order valence-corrected chi connectivity index (χ0v) is 14.7. The average Bonchev–Trinajstić information content (AvgIpc) is 2.86. The summed E-state index contributed by atoms with van der Waals surface area (Å²) in [5, 5.41) is 6.87. The molecule has 3 heterocycles. The zero-order valence-electron chi connectivity index (χ0n) is 13.9. The third kappa shape index (κ3) is 3.06. The van der Waals surface area contributed by atoms with E-state index in [1.165, 1.54) is 11.3 Å². The van der Waals surface area contributed by atoms with Gasteiger partial charge < -0.3 is 15.4 Å². The van der Waals surface area contributed by atoms with Gasteiger partial charge in [-0.2, -0.15) is 0 Å². The summed E-state index contributed by atoms with van der Waals surface area (Å²) in [6, 6.07) is -0.318. The molecular formula is C16H20N4O3S. The van der Waals surface area contributed by atoms with Crippen LogP contribution in [0.3, 0.4) is 0 Å². The van der Waals surface area contributed by atoms with Crippen molar-refractivity contribution in [3.05, 3.63) is 16.3 Å². The van der Waals surface area contributed by atoms with Crippen molar-refractivity contribution in [3.8, 4) is 0 Å². The van der Waals surface area contributed by atoms with E-state index in [2.05, 4.69) is 20.6 Å². The molecule has 7 nitrogen and oxygen atoms in total. The minimum atomic E-state index is -0.350. The van der Waals surface area contributed by atoms with Gasteiger partial charge in [-0.15, -0.1) is 11.3 Å². The normalized spacial score (nSPS) is 17.6. The van der Waals surface area contributed by atoms with Crippen molar-refractivity contribution < 1.29 is 14.3 Å². The Morgan fingerprint density at radius 3 is 2.92 bits per heavy atom. The summed E-state index contributed by atoms with van der Waals surface area (Å²) in [5.41, 5.74) is 0.784. The second-order valence-corrected chi connectivity index (χ2v) is 6.71. The van der Waals surface area contributed by atoms with Crippen molar-refractivity contribution in [2.45, 2.75) is 39.7 Å². The lowest BCUT2D eigenvalue weighted by molar-refractivity contribution is -0.123. The molecule has 3 rings (SSSR count). The molecule has 0 saturated carbocycles. The molecule has 1 amide bonds. The Labute approximate surface area is 143 Å². The number of hydrogen-bond donors (Lipinski definition) is 2. The Balaban J connectivity index is 2.03. The molecule has 8 heteroatoms. The van der Waals surface area contributed by atoms with Gasteiger partial charge in [0.2, 0.25) is 5.91 Å². The number of hydrogen-bond acceptors (Lipinski definition) is 7. The number of fused-ring (bicyclic) bond motifs is 1. The summed E-state index contributed by atoms with van der Waals surface area (Å²) in [6.45, 7) is 6.46. The Kier molecular flexibility index (Phi) is 4.66. The summed E-state index contributed by atoms with van der Waals surface area (Å²) in [6.07, 6.45) is 1.68. The first-order valence-electron chi connectivity index (χ1n) is 8.00. The van der Waals surface area contributed by atoms with E-state index in [0.29, 0.717) is 29.7 Å². The molecule has 1 atom stereocenters. The minimum Gasteiger partial charge on any atom is -0.462 e. The molecule has 1 aliphatic heterocycles. The average molecular weight is 348 g/mol. The number of esters is 1. The number of aryl methyl sites for hydroxylation is 2. The van der Waals surface area contributed by atoms with Crippen molar-refractivity contribution in [3.63, 3.8) is 0 Å². The fraction of sp³-hybridized carbons (Fsp3) is 0.500. The van der Waals surface area contributed by atoms with E-state index < -0.39 is 0 Å². The molecule has 0 unspecified atom stereocenters. The lowest BCUT2D eigenvalue weighted by atomic mass is 10.1. The highest BCUT2D eigenvalue weighted by molar-refractivity contribution is 7.20. The lowest BCUT2D eigenvalue weighted by Crippen LogP contribution is -2.44. The molecule has 0 bridgehead atoms. The van der Waals surface area contributed by atoms with Crippen molar-refractivity contribution in [2.24, 2.45) is 0 Å². The van der Waals surface area contributed by atoms with Crippen molar-refractivity contribution in [2.75, 3.05) is 18.5 Å². The molecule has 1 saturated heterocycles. The fourth-order valence-electron chi connectivity index (χ4n) is 2.82. The van der Waals surface area contributed by atoms with E-state index in [1.54, 1.807) is 13.8 Å². The maximum Gasteiger partial charge on any atom is 0.348 e. The van der Waals surface area contributed by atoms with E-state index in [1.807, 2.05) is 6.92 Å². The number of aromatic nitrogens is 2. The van der Waals surface area contributed by atoms with Gasteiger partial charge in [0, 0.05) is 6.54 Å². The molecule has 1 fully saturated rings. The minimum absolute atomic E-state index is 0.0239. The van der Waals surface area contributed by atoms with Gasteiger partial charge in [0.1, 0.15) is 27.4 Å². The molecule has 0 aliphatic carbocycles. The third-order valence-electron chi connectivity index (χ3n) is 3.96. The number of thiophene rings is 1. The zero-order chi connectivity index (χ0) is 17.3. The first kappa shape index (κ1) is 16.6. The number of ether oxygens (including phenoxy) is 1. The molecule has 2 aromatic heterocycles. The van der Waals surface area contributed by atoms with Crippen LogP contribution < -0.4 is 10.6 Å². The second-order valence-electron chi connectivity index (χ2n) is 5.71. The van der Waals surface area contributed by atoms with Crippen LogP contribution in [0, 0.1) is 13.8 Å². The van der Waals surface area contributed by atoms with Crippen LogP contribution in [-0.4, -0.2) is 41.0 Å². The molecule has 0 spiro atoms. The number of nitrogens with zero attached hydrogens (tertiary/aromatic N) is 2. The largest absolute Gasteiger partial charge is 0.462 e. The Bertz CT molecular complexity index is 802. The van der Waals surface area contributed by atoms with Crippen LogP contribution in [0.1, 0.15) is 40.8 Å². The van der Waals surface area contributed by atoms with Crippen LogP contribution in [0.25, 0.3) is 10.2 Å². The number of amides is 1. The van der Waals surface area contributed by atoms with Crippen molar-refractivity contribution in [1.82, 2.24) is 15.3 Å². The first-order valence-corrected chi connectivity index (χ1v) is 8.82. The standard InChI is InChI=1S/C16H20N4O3S/c1-4-23-16(22)12-8(2)11-13(18-9(3)19-15(11)24-12)20-10-6-5-7-17-14(10)21/h10H,4-7H2,1-3H3,(H,17,21)(H,18,19,20)/t10-/m0/s1. The SMILES string of the molecule is CCOC(=O)c1sc2nc(C)nc(N[C@H]3CCCNC3=O)c2c1C. The smallest absolute Gasteiger partial charge is 0.348 e. The number of nitrogens with one attached hydrogen (secondary N) is 2. The maximum atomic E-state index is 12.1. The van der Waals surface area contributed by atoms with Crippen molar-refractivity contribution in [1.29, 1.82) is 0 Å². The summed E-state index contributed by atoms with van der Waals surface area (Å²) >= 11 is 1.30. The van der Waals surface area contributed by atoms with Crippen LogP contribution in [0.15, 0.2) is 0 Å². The molecule has 128 valence electrons. The number of rotatable bonds is 4. The predicted octanol–water partition coefficient (Wildman–Crippen LogP) is 2.18. The highest BCUT2D eigenvalue weighted by Gasteiger charge is 2.26. The van der Waals surface area contributed by atoms with Crippen LogP contribution >= 0.6 is 11.3 Å². The van der Waals surface area contributed by atoms with E-state index in [-0.39, 0.29) is 17.9 Å². The number of anilines is 1. The second kappa shape index (κ2) is 6.72. The lowest BCUT2D eigenvalue weighted by Gasteiger charge is -2.23. The van der Waals surface area contributed by atoms with Crippen LogP contribution in [0.5, 0.6) is 0 Å². The van der Waals surface area contributed by atoms with Gasteiger partial charge in [-0.1, -0.05) is 0 Å². The fourth-order valence-corrected chi connectivity index (χ4v) is 3.94. The number of carbonyl (C=O) groups excluding carboxylic acids is 2. The summed E-state index contributed by atoms with van der Waals surface area (Å²) in [5.74, 6) is 0.822. The first-order chi connectivity index (χ1) is 11.5. The van der Waals surface area contributed by atoms with Crippen LogP contribution in [-0.2, 0) is 9.53 Å². The summed E-state index contributed by atoms with van der Waals surface area (Å²) < 4.78 is 5.11. The van der Waals surface area contributed by atoms with Gasteiger partial charge in [0.25, 0.3) is 0 Å². The Hall–Kier alpha value is -2.22. The third-order valence-corrected chi connectivity index (χ3v) is 5.12. The number of piperidine rings is 1. The van der Waals surface area contributed by atoms with Crippen molar-refractivity contribution >= 4 is 39.2 Å². The van der Waals surface area contributed by atoms with E-state index in [0.717, 1.165) is 28.6 Å². The van der Waals surface area contributed by atoms with Gasteiger partial charge in [-0.05, 0) is 39.2 Å². The molecule has 2 aromatic rings. The quantitative estimate of drug-likeness (QED) is 0.823. The van der Waals surface area contributed by atoms with Gasteiger partial charge in [-0.3, -0.25) is 4.79 Å². The summed E-state index contributed by atoms with van der Waals surface area (Å²) in [7, 11) is 0. The molecule has 0 radical (unpaired) electrons. The molecular weight excluding hydrogens is 328 g/mol. The van der Waals surface area contributed by atoms with E-state index in [9.17, 15) is 9.59 Å². The highest BCUT2D eigenvalue weighted by Crippen LogP contribution is 2.34. The number of carbonyl (C=O) groups is 2. The predicted molar refractivity (Wildman–Crippen MR) is 92.5 cm³/mol. The van der Waals surface area contributed by atoms with Crippen LogP contribution in [0.2, 0.25) is 0 Å². The summed E-state index contributed by atoms with van der Waals surface area (Å²) in [4.78, 5) is 34.3. The molecule has 1 aliphatic rings. The Morgan fingerprint density at radius 2 is 2.21 bits per heavy atom. The van der Waals surface area contributed by atoms with Gasteiger partial charge in [0.05, 0.1) is 12.0 Å². The monoisotopic (exact) mass is 348 g/mol. The maximum absolute atomic E-state index is 12.1. The van der Waals surface area contributed by atoms with Gasteiger partial charge in [-0.25, -0.2) is 14.8 Å². The molecule has 2 N–H and O–H groups in total. The van der Waals surface area contributed by atoms with E-state index in [4.69, 9.17) is 4.74 Å².